The number of amides is 2. The van der Waals surface area contributed by atoms with Gasteiger partial charge in [0.05, 0.1) is 13.5 Å². The number of carbonyl (C=O) groups excluding carboxylic acids is 2. The molecule has 0 spiro atoms. The first kappa shape index (κ1) is 20.8. The fourth-order valence-corrected chi connectivity index (χ4v) is 3.66. The van der Waals surface area contributed by atoms with Crippen molar-refractivity contribution in [2.24, 2.45) is 5.92 Å². The zero-order chi connectivity index (χ0) is 20.8. The fraction of sp³-hybridized carbons (Fsp3) is 0.391. The molecule has 1 atom stereocenters. The molecular formula is C23H27FN2O3. The highest BCUT2D eigenvalue weighted by Crippen LogP contribution is 2.16. The molecule has 1 unspecified atom stereocenters. The first-order valence-electron chi connectivity index (χ1n) is 9.90. The van der Waals surface area contributed by atoms with Crippen LogP contribution in [-0.4, -0.2) is 54.9 Å². The number of benzene rings is 2. The summed E-state index contributed by atoms with van der Waals surface area (Å²) < 4.78 is 18.6. The highest BCUT2D eigenvalue weighted by Gasteiger charge is 2.27. The molecule has 1 aliphatic rings. The second-order valence-corrected chi connectivity index (χ2v) is 7.47. The van der Waals surface area contributed by atoms with Crippen molar-refractivity contribution in [3.05, 3.63) is 65.5 Å². The maximum atomic E-state index is 13.4. The predicted molar refractivity (Wildman–Crippen MR) is 109 cm³/mol. The Morgan fingerprint density at radius 2 is 1.66 bits per heavy atom. The minimum atomic E-state index is -0.287. The lowest BCUT2D eigenvalue weighted by Crippen LogP contribution is -2.52. The highest BCUT2D eigenvalue weighted by molar-refractivity contribution is 5.81. The molecule has 0 saturated carbocycles. The summed E-state index contributed by atoms with van der Waals surface area (Å²) in [4.78, 5) is 28.9. The summed E-state index contributed by atoms with van der Waals surface area (Å²) >= 11 is 0. The Balaban J connectivity index is 1.50. The minimum absolute atomic E-state index is 0.0501. The van der Waals surface area contributed by atoms with Crippen molar-refractivity contribution in [1.29, 1.82) is 0 Å². The van der Waals surface area contributed by atoms with Gasteiger partial charge in [-0.1, -0.05) is 31.2 Å². The normalized spacial score (nSPS) is 15.1. The molecule has 2 amide bonds. The summed E-state index contributed by atoms with van der Waals surface area (Å²) in [7, 11) is 1.60. The number of rotatable bonds is 6. The van der Waals surface area contributed by atoms with Gasteiger partial charge in [0.15, 0.2) is 0 Å². The molecule has 5 nitrogen and oxygen atoms in total. The Morgan fingerprint density at radius 1 is 1.00 bits per heavy atom. The van der Waals surface area contributed by atoms with E-state index >= 15 is 0 Å². The SMILES string of the molecule is COc1cccc(CC(=O)N2CCN(C(=O)C(C)Cc3cccc(F)c3)CC2)c1. The maximum absolute atomic E-state index is 13.4. The quantitative estimate of drug-likeness (QED) is 0.752. The summed E-state index contributed by atoms with van der Waals surface area (Å²) in [5.41, 5.74) is 1.73. The van der Waals surface area contributed by atoms with E-state index in [0.717, 1.165) is 16.9 Å². The van der Waals surface area contributed by atoms with Crippen LogP contribution in [0.4, 0.5) is 4.39 Å². The van der Waals surface area contributed by atoms with Gasteiger partial charge in [-0.2, -0.15) is 0 Å². The Labute approximate surface area is 171 Å². The molecule has 0 aliphatic carbocycles. The molecular weight excluding hydrogens is 371 g/mol. The summed E-state index contributed by atoms with van der Waals surface area (Å²) in [6, 6.07) is 13.9. The molecule has 0 bridgehead atoms. The summed E-state index contributed by atoms with van der Waals surface area (Å²) in [6.07, 6.45) is 0.826. The van der Waals surface area contributed by atoms with Gasteiger partial charge in [0.25, 0.3) is 0 Å². The highest BCUT2D eigenvalue weighted by atomic mass is 19.1. The van der Waals surface area contributed by atoms with E-state index in [0.29, 0.717) is 39.0 Å². The average Bonchev–Trinajstić information content (AvgIpc) is 2.73. The average molecular weight is 398 g/mol. The van der Waals surface area contributed by atoms with Crippen LogP contribution in [-0.2, 0) is 22.4 Å². The van der Waals surface area contributed by atoms with Crippen molar-refractivity contribution in [3.8, 4) is 5.75 Å². The van der Waals surface area contributed by atoms with Crippen LogP contribution in [0.2, 0.25) is 0 Å². The van der Waals surface area contributed by atoms with Gasteiger partial charge in [-0.05, 0) is 41.8 Å². The van der Waals surface area contributed by atoms with Crippen molar-refractivity contribution in [2.75, 3.05) is 33.3 Å². The molecule has 2 aromatic carbocycles. The van der Waals surface area contributed by atoms with Gasteiger partial charge in [-0.15, -0.1) is 0 Å². The molecule has 154 valence electrons. The number of piperazine rings is 1. The van der Waals surface area contributed by atoms with Gasteiger partial charge in [0.1, 0.15) is 11.6 Å². The van der Waals surface area contributed by atoms with Crippen LogP contribution in [0.5, 0.6) is 5.75 Å². The standard InChI is InChI=1S/C23H27FN2O3/c1-17(13-18-5-3-7-20(24)14-18)23(28)26-11-9-25(10-12-26)22(27)16-19-6-4-8-21(15-19)29-2/h3-8,14-15,17H,9-13,16H2,1-2H3. The molecule has 1 heterocycles. The van der Waals surface area contributed by atoms with Crippen LogP contribution in [0.25, 0.3) is 0 Å². The summed E-state index contributed by atoms with van der Waals surface area (Å²) in [6.45, 7) is 3.97. The smallest absolute Gasteiger partial charge is 0.227 e. The van der Waals surface area contributed by atoms with E-state index in [1.165, 1.54) is 12.1 Å². The fourth-order valence-electron chi connectivity index (χ4n) is 3.66. The monoisotopic (exact) mass is 398 g/mol. The summed E-state index contributed by atoms with van der Waals surface area (Å²) in [5, 5.41) is 0. The molecule has 0 aromatic heterocycles. The van der Waals surface area contributed by atoms with Crippen LogP contribution < -0.4 is 4.74 Å². The molecule has 0 radical (unpaired) electrons. The van der Waals surface area contributed by atoms with Gasteiger partial charge < -0.3 is 14.5 Å². The Morgan fingerprint density at radius 3 is 2.34 bits per heavy atom. The van der Waals surface area contributed by atoms with E-state index in [-0.39, 0.29) is 23.5 Å². The Kier molecular flexibility index (Phi) is 6.86. The van der Waals surface area contributed by atoms with E-state index in [9.17, 15) is 14.0 Å². The number of methoxy groups -OCH3 is 1. The molecule has 0 N–H and O–H groups in total. The van der Waals surface area contributed by atoms with Gasteiger partial charge in [-0.25, -0.2) is 4.39 Å². The van der Waals surface area contributed by atoms with Crippen LogP contribution >= 0.6 is 0 Å². The lowest BCUT2D eigenvalue weighted by Gasteiger charge is -2.36. The number of halogens is 1. The van der Waals surface area contributed by atoms with Gasteiger partial charge in [0.2, 0.25) is 11.8 Å². The van der Waals surface area contributed by atoms with Crippen molar-refractivity contribution in [3.63, 3.8) is 0 Å². The molecule has 1 aliphatic heterocycles. The molecule has 2 aromatic rings. The topological polar surface area (TPSA) is 49.9 Å². The molecule has 29 heavy (non-hydrogen) atoms. The van der Waals surface area contributed by atoms with E-state index in [4.69, 9.17) is 4.74 Å². The number of hydrogen-bond donors (Lipinski definition) is 0. The lowest BCUT2D eigenvalue weighted by atomic mass is 9.99. The first-order valence-corrected chi connectivity index (χ1v) is 9.90. The van der Waals surface area contributed by atoms with Crippen molar-refractivity contribution < 1.29 is 18.7 Å². The zero-order valence-electron chi connectivity index (χ0n) is 16.9. The predicted octanol–water partition coefficient (Wildman–Crippen LogP) is 2.93. The molecule has 6 heteroatoms. The van der Waals surface area contributed by atoms with Gasteiger partial charge >= 0.3 is 0 Å². The third kappa shape index (κ3) is 5.56. The van der Waals surface area contributed by atoms with Crippen LogP contribution in [0.15, 0.2) is 48.5 Å². The Bertz CT molecular complexity index is 863. The van der Waals surface area contributed by atoms with Crippen LogP contribution in [0, 0.1) is 11.7 Å². The van der Waals surface area contributed by atoms with Crippen molar-refractivity contribution >= 4 is 11.8 Å². The van der Waals surface area contributed by atoms with Crippen LogP contribution in [0.3, 0.4) is 0 Å². The third-order valence-electron chi connectivity index (χ3n) is 5.29. The summed E-state index contributed by atoms with van der Waals surface area (Å²) in [5.74, 6) is 0.325. The van der Waals surface area contributed by atoms with Crippen LogP contribution in [0.1, 0.15) is 18.1 Å². The lowest BCUT2D eigenvalue weighted by molar-refractivity contribution is -0.141. The largest absolute Gasteiger partial charge is 0.497 e. The van der Waals surface area contributed by atoms with E-state index in [1.54, 1.807) is 23.0 Å². The Hall–Kier alpha value is -2.89. The first-order chi connectivity index (χ1) is 14.0. The van der Waals surface area contributed by atoms with Crippen molar-refractivity contribution in [1.82, 2.24) is 9.80 Å². The zero-order valence-corrected chi connectivity index (χ0v) is 16.9. The van der Waals surface area contributed by atoms with E-state index < -0.39 is 0 Å². The second kappa shape index (κ2) is 9.54. The molecule has 1 saturated heterocycles. The third-order valence-corrected chi connectivity index (χ3v) is 5.29. The second-order valence-electron chi connectivity index (χ2n) is 7.47. The number of ether oxygens (including phenoxy) is 1. The number of hydrogen-bond acceptors (Lipinski definition) is 3. The van der Waals surface area contributed by atoms with Gasteiger partial charge in [-0.3, -0.25) is 9.59 Å². The van der Waals surface area contributed by atoms with E-state index in [2.05, 4.69) is 0 Å². The maximum Gasteiger partial charge on any atom is 0.227 e. The number of carbonyl (C=O) groups is 2. The van der Waals surface area contributed by atoms with E-state index in [1.807, 2.05) is 37.3 Å². The minimum Gasteiger partial charge on any atom is -0.497 e. The number of nitrogens with zero attached hydrogens (tertiary/aromatic N) is 2. The van der Waals surface area contributed by atoms with Crippen molar-refractivity contribution in [2.45, 2.75) is 19.8 Å². The molecule has 3 rings (SSSR count). The van der Waals surface area contributed by atoms with Gasteiger partial charge in [0, 0.05) is 32.1 Å². The molecule has 1 fully saturated rings.